The van der Waals surface area contributed by atoms with Gasteiger partial charge < -0.3 is 20.1 Å². The van der Waals surface area contributed by atoms with Gasteiger partial charge in [0.05, 0.1) is 0 Å². The SMILES string of the molecule is Cc1ccc(Nc2ccc(Oc3ncccc3C3=CCN(C(=O)O)CC3)cc2)nc1. The van der Waals surface area contributed by atoms with Crippen LogP contribution in [-0.4, -0.2) is 39.2 Å². The smallest absolute Gasteiger partial charge is 0.407 e. The Labute approximate surface area is 174 Å². The Hall–Kier alpha value is -3.87. The highest BCUT2D eigenvalue weighted by molar-refractivity contribution is 5.73. The second kappa shape index (κ2) is 8.65. The van der Waals surface area contributed by atoms with Crippen molar-refractivity contribution in [1.29, 1.82) is 0 Å². The van der Waals surface area contributed by atoms with Crippen molar-refractivity contribution in [3.05, 3.63) is 78.1 Å². The maximum absolute atomic E-state index is 11.1. The maximum atomic E-state index is 11.1. The largest absolute Gasteiger partial charge is 0.465 e. The molecular formula is C23H22N4O3. The van der Waals surface area contributed by atoms with Crippen molar-refractivity contribution in [2.45, 2.75) is 13.3 Å². The van der Waals surface area contributed by atoms with Crippen LogP contribution in [0.2, 0.25) is 0 Å². The van der Waals surface area contributed by atoms with Crippen LogP contribution in [-0.2, 0) is 0 Å². The van der Waals surface area contributed by atoms with Crippen LogP contribution in [0.15, 0.2) is 67.0 Å². The van der Waals surface area contributed by atoms with Gasteiger partial charge >= 0.3 is 6.09 Å². The number of ether oxygens (including phenoxy) is 1. The molecule has 0 unspecified atom stereocenters. The number of rotatable bonds is 5. The van der Waals surface area contributed by atoms with Crippen molar-refractivity contribution < 1.29 is 14.6 Å². The van der Waals surface area contributed by atoms with E-state index in [1.807, 2.05) is 67.7 Å². The second-order valence-electron chi connectivity index (χ2n) is 7.04. The van der Waals surface area contributed by atoms with E-state index in [9.17, 15) is 4.79 Å². The van der Waals surface area contributed by atoms with Gasteiger partial charge in [0, 0.05) is 36.7 Å². The minimum atomic E-state index is -0.900. The molecule has 0 aliphatic carbocycles. The molecule has 30 heavy (non-hydrogen) atoms. The van der Waals surface area contributed by atoms with Gasteiger partial charge in [-0.1, -0.05) is 12.1 Å². The van der Waals surface area contributed by atoms with Crippen LogP contribution in [0.25, 0.3) is 5.57 Å². The third kappa shape index (κ3) is 4.57. The van der Waals surface area contributed by atoms with Gasteiger partial charge in [0.15, 0.2) is 0 Å². The number of nitrogens with one attached hydrogen (secondary N) is 1. The Balaban J connectivity index is 1.47. The van der Waals surface area contributed by atoms with Crippen LogP contribution in [0.4, 0.5) is 16.3 Å². The zero-order chi connectivity index (χ0) is 20.9. The molecule has 7 heteroatoms. The van der Waals surface area contributed by atoms with Crippen LogP contribution in [0.3, 0.4) is 0 Å². The maximum Gasteiger partial charge on any atom is 0.407 e. The minimum absolute atomic E-state index is 0.367. The van der Waals surface area contributed by atoms with E-state index in [-0.39, 0.29) is 0 Å². The molecule has 0 saturated carbocycles. The van der Waals surface area contributed by atoms with E-state index >= 15 is 0 Å². The Morgan fingerprint density at radius 3 is 2.63 bits per heavy atom. The summed E-state index contributed by atoms with van der Waals surface area (Å²) in [6.07, 6.45) is 5.15. The van der Waals surface area contributed by atoms with E-state index in [2.05, 4.69) is 15.3 Å². The van der Waals surface area contributed by atoms with Crippen molar-refractivity contribution in [3.63, 3.8) is 0 Å². The normalized spacial score (nSPS) is 13.5. The van der Waals surface area contributed by atoms with Crippen molar-refractivity contribution in [2.75, 3.05) is 18.4 Å². The summed E-state index contributed by atoms with van der Waals surface area (Å²) in [6, 6.07) is 15.3. The fourth-order valence-electron chi connectivity index (χ4n) is 3.21. The number of nitrogens with zero attached hydrogens (tertiary/aromatic N) is 3. The zero-order valence-corrected chi connectivity index (χ0v) is 16.6. The number of hydrogen-bond acceptors (Lipinski definition) is 5. The number of carboxylic acid groups (broad SMARTS) is 1. The molecule has 1 aromatic carbocycles. The molecule has 0 spiro atoms. The number of aryl methyl sites for hydroxylation is 1. The molecule has 7 nitrogen and oxygen atoms in total. The molecule has 0 radical (unpaired) electrons. The average Bonchev–Trinajstić information content (AvgIpc) is 2.77. The monoisotopic (exact) mass is 402 g/mol. The van der Waals surface area contributed by atoms with Gasteiger partial charge in [-0.2, -0.15) is 0 Å². The molecule has 4 rings (SSSR count). The summed E-state index contributed by atoms with van der Waals surface area (Å²) in [5, 5.41) is 12.4. The molecule has 152 valence electrons. The number of benzene rings is 1. The zero-order valence-electron chi connectivity index (χ0n) is 16.6. The van der Waals surface area contributed by atoms with Gasteiger partial charge in [-0.05, 0) is 66.9 Å². The molecule has 1 aliphatic heterocycles. The molecule has 0 fully saturated rings. The molecule has 0 atom stereocenters. The summed E-state index contributed by atoms with van der Waals surface area (Å²) in [5.41, 5.74) is 3.94. The topological polar surface area (TPSA) is 87.6 Å². The van der Waals surface area contributed by atoms with Crippen molar-refractivity contribution in [3.8, 4) is 11.6 Å². The van der Waals surface area contributed by atoms with E-state index in [0.29, 0.717) is 31.1 Å². The summed E-state index contributed by atoms with van der Waals surface area (Å²) < 4.78 is 6.03. The molecular weight excluding hydrogens is 380 g/mol. The van der Waals surface area contributed by atoms with E-state index in [0.717, 1.165) is 28.2 Å². The highest BCUT2D eigenvalue weighted by Gasteiger charge is 2.19. The molecule has 2 aromatic heterocycles. The number of anilines is 2. The van der Waals surface area contributed by atoms with Crippen LogP contribution in [0.5, 0.6) is 11.6 Å². The number of carbonyl (C=O) groups is 1. The first-order valence-corrected chi connectivity index (χ1v) is 9.68. The van der Waals surface area contributed by atoms with Crippen molar-refractivity contribution in [2.24, 2.45) is 0 Å². The minimum Gasteiger partial charge on any atom is -0.465 e. The van der Waals surface area contributed by atoms with Gasteiger partial charge in [-0.25, -0.2) is 14.8 Å². The second-order valence-corrected chi connectivity index (χ2v) is 7.04. The molecule has 2 N–H and O–H groups in total. The first kappa shape index (κ1) is 19.4. The number of hydrogen-bond donors (Lipinski definition) is 2. The standard InChI is InChI=1S/C23H22N4O3/c1-16-4-9-21(25-15-16)26-18-5-7-19(8-6-18)30-22-20(3-2-12-24-22)17-10-13-27(14-11-17)23(28)29/h2-10,12,15H,11,13-14H2,1H3,(H,25,26)(H,28,29). The van der Waals surface area contributed by atoms with Gasteiger partial charge in [-0.3, -0.25) is 0 Å². The van der Waals surface area contributed by atoms with E-state index in [1.165, 1.54) is 4.90 Å². The van der Waals surface area contributed by atoms with E-state index < -0.39 is 6.09 Å². The lowest BCUT2D eigenvalue weighted by atomic mass is 10.0. The summed E-state index contributed by atoms with van der Waals surface area (Å²) in [6.45, 7) is 2.83. The molecule has 1 aliphatic rings. The summed E-state index contributed by atoms with van der Waals surface area (Å²) >= 11 is 0. The molecule has 0 saturated heterocycles. The third-order valence-electron chi connectivity index (χ3n) is 4.85. The van der Waals surface area contributed by atoms with Gasteiger partial charge in [-0.15, -0.1) is 0 Å². The third-order valence-corrected chi connectivity index (χ3v) is 4.85. The van der Waals surface area contributed by atoms with Gasteiger partial charge in [0.1, 0.15) is 11.6 Å². The van der Waals surface area contributed by atoms with Gasteiger partial charge in [0.25, 0.3) is 0 Å². The Kier molecular flexibility index (Phi) is 5.61. The summed E-state index contributed by atoms with van der Waals surface area (Å²) in [4.78, 5) is 21.2. The first-order valence-electron chi connectivity index (χ1n) is 9.68. The Bertz CT molecular complexity index is 1060. The van der Waals surface area contributed by atoms with Crippen LogP contribution in [0, 0.1) is 6.92 Å². The highest BCUT2D eigenvalue weighted by atomic mass is 16.5. The number of pyridine rings is 2. The quantitative estimate of drug-likeness (QED) is 0.618. The molecule has 3 heterocycles. The lowest BCUT2D eigenvalue weighted by Crippen LogP contribution is -2.33. The molecule has 1 amide bonds. The summed E-state index contributed by atoms with van der Waals surface area (Å²) in [7, 11) is 0. The first-order chi connectivity index (χ1) is 14.6. The van der Waals surface area contributed by atoms with Crippen molar-refractivity contribution >= 4 is 23.2 Å². The Morgan fingerprint density at radius 1 is 1.13 bits per heavy atom. The summed E-state index contributed by atoms with van der Waals surface area (Å²) in [5.74, 6) is 1.95. The highest BCUT2D eigenvalue weighted by Crippen LogP contribution is 2.32. The predicted octanol–water partition coefficient (Wildman–Crippen LogP) is 5.09. The lowest BCUT2D eigenvalue weighted by Gasteiger charge is -2.24. The van der Waals surface area contributed by atoms with Crippen molar-refractivity contribution in [1.82, 2.24) is 14.9 Å². The fourth-order valence-corrected chi connectivity index (χ4v) is 3.21. The van der Waals surface area contributed by atoms with Crippen LogP contribution >= 0.6 is 0 Å². The molecule has 3 aromatic rings. The van der Waals surface area contributed by atoms with Crippen LogP contribution < -0.4 is 10.1 Å². The number of aromatic nitrogens is 2. The fraction of sp³-hybridized carbons (Fsp3) is 0.174. The van der Waals surface area contributed by atoms with Crippen LogP contribution in [0.1, 0.15) is 17.5 Å². The molecule has 0 bridgehead atoms. The van der Waals surface area contributed by atoms with Gasteiger partial charge in [0.2, 0.25) is 5.88 Å². The van der Waals surface area contributed by atoms with E-state index in [1.54, 1.807) is 6.20 Å². The number of amides is 1. The Morgan fingerprint density at radius 2 is 1.97 bits per heavy atom. The average molecular weight is 402 g/mol. The lowest BCUT2D eigenvalue weighted by molar-refractivity contribution is 0.150. The van der Waals surface area contributed by atoms with E-state index in [4.69, 9.17) is 9.84 Å². The predicted molar refractivity (Wildman–Crippen MR) is 115 cm³/mol.